The molecule has 0 aliphatic rings. The summed E-state index contributed by atoms with van der Waals surface area (Å²) in [7, 11) is 0. The zero-order valence-electron chi connectivity index (χ0n) is 9.61. The van der Waals surface area contributed by atoms with Crippen LogP contribution in [0.1, 0.15) is 11.7 Å². The fourth-order valence-electron chi connectivity index (χ4n) is 1.64. The van der Waals surface area contributed by atoms with Crippen molar-refractivity contribution in [3.63, 3.8) is 0 Å². The molecule has 4 heteroatoms. The van der Waals surface area contributed by atoms with Gasteiger partial charge in [0.05, 0.1) is 6.10 Å². The molecule has 0 saturated heterocycles. The Hall–Kier alpha value is -1.14. The summed E-state index contributed by atoms with van der Waals surface area (Å²) >= 11 is 2.23. The van der Waals surface area contributed by atoms with Crippen LogP contribution < -0.4 is 5.32 Å². The lowest BCUT2D eigenvalue weighted by Gasteiger charge is -2.13. The fraction of sp³-hybridized carbons (Fsp3) is 0.143. The van der Waals surface area contributed by atoms with Gasteiger partial charge in [-0.1, -0.05) is 18.2 Å². The lowest BCUT2D eigenvalue weighted by molar-refractivity contribution is 0.191. The summed E-state index contributed by atoms with van der Waals surface area (Å²) in [5, 5.41) is 13.1. The number of aliphatic hydroxyl groups is 1. The Morgan fingerprint density at radius 3 is 2.67 bits per heavy atom. The summed E-state index contributed by atoms with van der Waals surface area (Å²) in [6.45, 7) is 0.351. The number of anilines is 1. The van der Waals surface area contributed by atoms with Gasteiger partial charge in [0.2, 0.25) is 0 Å². The van der Waals surface area contributed by atoms with E-state index in [1.165, 1.54) is 12.1 Å². The molecule has 2 N–H and O–H groups in total. The van der Waals surface area contributed by atoms with Gasteiger partial charge in [0.25, 0.3) is 0 Å². The molecule has 0 heterocycles. The molecule has 94 valence electrons. The van der Waals surface area contributed by atoms with E-state index in [4.69, 9.17) is 0 Å². The molecular formula is C14H13FINO. The molecule has 18 heavy (non-hydrogen) atoms. The maximum atomic E-state index is 13.0. The third-order valence-electron chi connectivity index (χ3n) is 2.56. The Morgan fingerprint density at radius 1 is 1.17 bits per heavy atom. The van der Waals surface area contributed by atoms with Gasteiger partial charge in [0.15, 0.2) is 0 Å². The van der Waals surface area contributed by atoms with Crippen molar-refractivity contribution in [1.29, 1.82) is 0 Å². The van der Waals surface area contributed by atoms with Crippen LogP contribution in [0.4, 0.5) is 10.1 Å². The van der Waals surface area contributed by atoms with Gasteiger partial charge in [-0.3, -0.25) is 0 Å². The minimum Gasteiger partial charge on any atom is -0.387 e. The highest BCUT2D eigenvalue weighted by Gasteiger charge is 2.07. The van der Waals surface area contributed by atoms with Crippen LogP contribution >= 0.6 is 22.6 Å². The van der Waals surface area contributed by atoms with Crippen molar-refractivity contribution in [3.8, 4) is 0 Å². The summed E-state index contributed by atoms with van der Waals surface area (Å²) in [5.74, 6) is -0.333. The molecule has 0 bridgehead atoms. The Balaban J connectivity index is 1.98. The van der Waals surface area contributed by atoms with Crippen molar-refractivity contribution >= 4 is 28.3 Å². The molecule has 0 spiro atoms. The standard InChI is InChI=1S/C14H13FINO/c15-11-4-1-3-10(7-11)14(18)9-17-13-6-2-5-12(16)8-13/h1-8,14,17-18H,9H2. The molecule has 0 radical (unpaired) electrons. The second-order valence-corrected chi connectivity index (χ2v) is 5.21. The Bertz CT molecular complexity index is 533. The SMILES string of the molecule is OC(CNc1cccc(I)c1)c1cccc(F)c1. The summed E-state index contributed by atoms with van der Waals surface area (Å²) in [6, 6.07) is 13.9. The molecule has 0 aliphatic heterocycles. The number of halogens is 2. The van der Waals surface area contributed by atoms with Crippen molar-refractivity contribution in [1.82, 2.24) is 0 Å². The summed E-state index contributed by atoms with van der Waals surface area (Å²) in [4.78, 5) is 0. The first-order valence-corrected chi connectivity index (χ1v) is 6.66. The summed E-state index contributed by atoms with van der Waals surface area (Å²) in [5.41, 5.74) is 1.52. The monoisotopic (exact) mass is 357 g/mol. The smallest absolute Gasteiger partial charge is 0.123 e. The number of hydrogen-bond acceptors (Lipinski definition) is 2. The highest BCUT2D eigenvalue weighted by Crippen LogP contribution is 2.17. The van der Waals surface area contributed by atoms with Crippen LogP contribution in [0.3, 0.4) is 0 Å². The molecule has 1 atom stereocenters. The van der Waals surface area contributed by atoms with Gasteiger partial charge in [-0.15, -0.1) is 0 Å². The van der Waals surface area contributed by atoms with Gasteiger partial charge in [-0.25, -0.2) is 4.39 Å². The average molecular weight is 357 g/mol. The van der Waals surface area contributed by atoms with Gasteiger partial charge < -0.3 is 10.4 Å². The largest absolute Gasteiger partial charge is 0.387 e. The number of rotatable bonds is 4. The molecule has 0 aromatic heterocycles. The molecule has 2 aromatic rings. The third kappa shape index (κ3) is 3.68. The van der Waals surface area contributed by atoms with Crippen LogP contribution in [-0.4, -0.2) is 11.7 Å². The van der Waals surface area contributed by atoms with Crippen molar-refractivity contribution in [2.45, 2.75) is 6.10 Å². The van der Waals surface area contributed by atoms with Crippen LogP contribution in [0.15, 0.2) is 48.5 Å². The van der Waals surface area contributed by atoms with Gasteiger partial charge in [0, 0.05) is 15.8 Å². The first kappa shape index (κ1) is 13.3. The Kier molecular flexibility index (Phi) is 4.54. The molecule has 0 aliphatic carbocycles. The van der Waals surface area contributed by atoms with Crippen LogP contribution in [0.5, 0.6) is 0 Å². The van der Waals surface area contributed by atoms with E-state index >= 15 is 0 Å². The Labute approximate surface area is 119 Å². The van der Waals surface area contributed by atoms with E-state index in [-0.39, 0.29) is 5.82 Å². The van der Waals surface area contributed by atoms with E-state index in [2.05, 4.69) is 27.9 Å². The predicted molar refractivity (Wildman–Crippen MR) is 79.0 cm³/mol. The Morgan fingerprint density at radius 2 is 1.94 bits per heavy atom. The predicted octanol–water partition coefficient (Wildman–Crippen LogP) is 3.58. The molecule has 1 unspecified atom stereocenters. The first-order chi connectivity index (χ1) is 8.65. The normalized spacial score (nSPS) is 12.2. The second kappa shape index (κ2) is 6.15. The van der Waals surface area contributed by atoms with Crippen LogP contribution in [-0.2, 0) is 0 Å². The number of aliphatic hydroxyl groups excluding tert-OH is 1. The fourth-order valence-corrected chi connectivity index (χ4v) is 2.19. The van der Waals surface area contributed by atoms with E-state index < -0.39 is 6.10 Å². The minimum atomic E-state index is -0.724. The van der Waals surface area contributed by atoms with Crippen LogP contribution in [0, 0.1) is 9.39 Å². The zero-order chi connectivity index (χ0) is 13.0. The first-order valence-electron chi connectivity index (χ1n) is 5.58. The van der Waals surface area contributed by atoms with E-state index in [1.54, 1.807) is 12.1 Å². The van der Waals surface area contributed by atoms with Gasteiger partial charge in [-0.05, 0) is 58.5 Å². The van der Waals surface area contributed by atoms with Crippen molar-refractivity contribution < 1.29 is 9.50 Å². The lowest BCUT2D eigenvalue weighted by atomic mass is 10.1. The molecule has 2 nitrogen and oxygen atoms in total. The molecule has 0 saturated carbocycles. The van der Waals surface area contributed by atoms with Crippen molar-refractivity contribution in [2.75, 3.05) is 11.9 Å². The summed E-state index contributed by atoms with van der Waals surface area (Å²) < 4.78 is 14.1. The van der Waals surface area contributed by atoms with E-state index in [0.29, 0.717) is 12.1 Å². The molecule has 2 rings (SSSR count). The second-order valence-electron chi connectivity index (χ2n) is 3.96. The van der Waals surface area contributed by atoms with E-state index in [0.717, 1.165) is 9.26 Å². The lowest BCUT2D eigenvalue weighted by Crippen LogP contribution is -2.12. The topological polar surface area (TPSA) is 32.3 Å². The maximum Gasteiger partial charge on any atom is 0.123 e. The average Bonchev–Trinajstić information content (AvgIpc) is 2.36. The van der Waals surface area contributed by atoms with E-state index in [9.17, 15) is 9.50 Å². The van der Waals surface area contributed by atoms with E-state index in [1.807, 2.05) is 24.3 Å². The van der Waals surface area contributed by atoms with Crippen LogP contribution in [0.25, 0.3) is 0 Å². The van der Waals surface area contributed by atoms with Gasteiger partial charge >= 0.3 is 0 Å². The number of nitrogens with one attached hydrogen (secondary N) is 1. The number of benzene rings is 2. The molecular weight excluding hydrogens is 344 g/mol. The minimum absolute atomic E-state index is 0.333. The number of hydrogen-bond donors (Lipinski definition) is 2. The van der Waals surface area contributed by atoms with Crippen molar-refractivity contribution in [2.24, 2.45) is 0 Å². The quantitative estimate of drug-likeness (QED) is 0.820. The summed E-state index contributed by atoms with van der Waals surface area (Å²) in [6.07, 6.45) is -0.724. The molecule has 2 aromatic carbocycles. The maximum absolute atomic E-state index is 13.0. The highest BCUT2D eigenvalue weighted by molar-refractivity contribution is 14.1. The zero-order valence-corrected chi connectivity index (χ0v) is 11.8. The molecule has 0 amide bonds. The highest BCUT2D eigenvalue weighted by atomic mass is 127. The molecule has 0 fully saturated rings. The third-order valence-corrected chi connectivity index (χ3v) is 3.23. The van der Waals surface area contributed by atoms with Crippen molar-refractivity contribution in [3.05, 3.63) is 63.5 Å². The van der Waals surface area contributed by atoms with Crippen LogP contribution in [0.2, 0.25) is 0 Å². The van der Waals surface area contributed by atoms with Gasteiger partial charge in [-0.2, -0.15) is 0 Å². The van der Waals surface area contributed by atoms with Gasteiger partial charge in [0.1, 0.15) is 5.82 Å².